The van der Waals surface area contributed by atoms with Crippen LogP contribution >= 0.6 is 12.2 Å². The minimum atomic E-state index is -3.34. The second kappa shape index (κ2) is 7.22. The van der Waals surface area contributed by atoms with E-state index in [-0.39, 0.29) is 0 Å². The smallest absolute Gasteiger partial charge is 0.279 e. The Morgan fingerprint density at radius 1 is 1.35 bits per heavy atom. The van der Waals surface area contributed by atoms with Crippen LogP contribution in [0, 0.1) is 0 Å². The number of ether oxygens (including phenoxy) is 1. The highest BCUT2D eigenvalue weighted by atomic mass is 32.2. The second-order valence-electron chi connectivity index (χ2n) is 3.83. The van der Waals surface area contributed by atoms with Crippen molar-refractivity contribution < 1.29 is 13.2 Å². The van der Waals surface area contributed by atoms with Crippen LogP contribution in [0.25, 0.3) is 0 Å². The first-order chi connectivity index (χ1) is 8.02. The Kier molecular flexibility index (Phi) is 6.28. The quantitative estimate of drug-likeness (QED) is 0.490. The topological polar surface area (TPSA) is 84.7 Å². The summed E-state index contributed by atoms with van der Waals surface area (Å²) in [5.74, 6) is 0. The largest absolute Gasteiger partial charge is 0.393 e. The number of hydrogen-bond donors (Lipinski definition) is 2. The molecule has 6 nitrogen and oxygen atoms in total. The van der Waals surface area contributed by atoms with Crippen LogP contribution in [0.2, 0.25) is 0 Å². The van der Waals surface area contributed by atoms with Crippen molar-refractivity contribution in [3.05, 3.63) is 0 Å². The first-order valence-corrected chi connectivity index (χ1v) is 7.48. The molecule has 0 radical (unpaired) electrons. The molecule has 1 fully saturated rings. The molecule has 0 aromatic rings. The highest BCUT2D eigenvalue weighted by Crippen LogP contribution is 2.03. The molecule has 0 saturated carbocycles. The minimum Gasteiger partial charge on any atom is -0.393 e. The Morgan fingerprint density at radius 3 is 2.59 bits per heavy atom. The Morgan fingerprint density at radius 2 is 2.00 bits per heavy atom. The summed E-state index contributed by atoms with van der Waals surface area (Å²) >= 11 is 4.74. The van der Waals surface area contributed by atoms with Crippen LogP contribution < -0.4 is 10.5 Å². The van der Waals surface area contributed by atoms with E-state index in [1.165, 1.54) is 4.31 Å². The predicted octanol–water partition coefficient (Wildman–Crippen LogP) is -0.391. The number of unbranched alkanes of at least 4 members (excludes halogenated alkanes) is 1. The maximum absolute atomic E-state index is 11.8. The van der Waals surface area contributed by atoms with Gasteiger partial charge in [-0.05, 0) is 19.3 Å². The fourth-order valence-electron chi connectivity index (χ4n) is 1.50. The molecule has 8 heteroatoms. The Labute approximate surface area is 108 Å². The summed E-state index contributed by atoms with van der Waals surface area (Å²) in [7, 11) is -3.34. The SMILES string of the molecule is NC(=S)CCCCNS(=O)(=O)N1CCOCC1. The molecule has 1 heterocycles. The van der Waals surface area contributed by atoms with Gasteiger partial charge in [0.05, 0.1) is 18.2 Å². The number of rotatable bonds is 7. The lowest BCUT2D eigenvalue weighted by Gasteiger charge is -2.26. The summed E-state index contributed by atoms with van der Waals surface area (Å²) in [6, 6.07) is 0. The van der Waals surface area contributed by atoms with Crippen molar-refractivity contribution in [1.82, 2.24) is 9.03 Å². The number of thiocarbonyl (C=S) groups is 1. The van der Waals surface area contributed by atoms with Crippen LogP contribution in [0.4, 0.5) is 0 Å². The lowest BCUT2D eigenvalue weighted by Crippen LogP contribution is -2.46. The fraction of sp³-hybridized carbons (Fsp3) is 0.889. The van der Waals surface area contributed by atoms with E-state index < -0.39 is 10.2 Å². The average molecular weight is 281 g/mol. The van der Waals surface area contributed by atoms with Crippen LogP contribution in [0.1, 0.15) is 19.3 Å². The normalized spacial score (nSPS) is 18.1. The van der Waals surface area contributed by atoms with E-state index in [0.29, 0.717) is 44.3 Å². The summed E-state index contributed by atoms with van der Waals surface area (Å²) in [6.07, 6.45) is 2.20. The molecule has 1 aliphatic heterocycles. The van der Waals surface area contributed by atoms with E-state index in [4.69, 9.17) is 22.7 Å². The van der Waals surface area contributed by atoms with Gasteiger partial charge in [-0.1, -0.05) is 12.2 Å². The van der Waals surface area contributed by atoms with Gasteiger partial charge in [0.1, 0.15) is 0 Å². The van der Waals surface area contributed by atoms with Crippen molar-refractivity contribution in [2.75, 3.05) is 32.8 Å². The molecule has 0 aliphatic carbocycles. The molecule has 0 spiro atoms. The third-order valence-corrected chi connectivity index (χ3v) is 4.26. The summed E-state index contributed by atoms with van der Waals surface area (Å²) in [5.41, 5.74) is 5.35. The van der Waals surface area contributed by atoms with Crippen LogP contribution in [-0.4, -0.2) is 50.6 Å². The molecule has 1 saturated heterocycles. The van der Waals surface area contributed by atoms with E-state index in [1.807, 2.05) is 0 Å². The molecule has 0 unspecified atom stereocenters. The van der Waals surface area contributed by atoms with E-state index in [0.717, 1.165) is 12.8 Å². The number of nitrogens with one attached hydrogen (secondary N) is 1. The van der Waals surface area contributed by atoms with Crippen molar-refractivity contribution in [2.45, 2.75) is 19.3 Å². The zero-order chi connectivity index (χ0) is 12.7. The molecule has 0 bridgehead atoms. The van der Waals surface area contributed by atoms with Gasteiger partial charge in [0.2, 0.25) is 0 Å². The van der Waals surface area contributed by atoms with Gasteiger partial charge < -0.3 is 10.5 Å². The average Bonchev–Trinajstić information content (AvgIpc) is 2.29. The van der Waals surface area contributed by atoms with Gasteiger partial charge in [-0.25, -0.2) is 4.72 Å². The molecule has 3 N–H and O–H groups in total. The highest BCUT2D eigenvalue weighted by molar-refractivity contribution is 7.87. The van der Waals surface area contributed by atoms with Crippen molar-refractivity contribution in [1.29, 1.82) is 0 Å². The Bertz CT molecular complexity index is 339. The molecule has 17 heavy (non-hydrogen) atoms. The van der Waals surface area contributed by atoms with Gasteiger partial charge in [0.15, 0.2) is 0 Å². The van der Waals surface area contributed by atoms with Crippen molar-refractivity contribution in [3.8, 4) is 0 Å². The molecular formula is C9H19N3O3S2. The van der Waals surface area contributed by atoms with Gasteiger partial charge >= 0.3 is 0 Å². The van der Waals surface area contributed by atoms with Crippen molar-refractivity contribution in [2.24, 2.45) is 5.73 Å². The van der Waals surface area contributed by atoms with Crippen molar-refractivity contribution in [3.63, 3.8) is 0 Å². The lowest BCUT2D eigenvalue weighted by molar-refractivity contribution is 0.0725. The van der Waals surface area contributed by atoms with Gasteiger partial charge in [-0.2, -0.15) is 12.7 Å². The van der Waals surface area contributed by atoms with Crippen LogP contribution in [0.15, 0.2) is 0 Å². The molecule has 0 amide bonds. The molecule has 0 aromatic heterocycles. The first-order valence-electron chi connectivity index (χ1n) is 5.63. The fourth-order valence-corrected chi connectivity index (χ4v) is 2.86. The zero-order valence-electron chi connectivity index (χ0n) is 9.72. The maximum atomic E-state index is 11.8. The molecule has 0 aromatic carbocycles. The van der Waals surface area contributed by atoms with Gasteiger partial charge in [0.25, 0.3) is 10.2 Å². The van der Waals surface area contributed by atoms with Crippen LogP contribution in [-0.2, 0) is 14.9 Å². The predicted molar refractivity (Wildman–Crippen MR) is 70.0 cm³/mol. The molecule has 1 rings (SSSR count). The third-order valence-electron chi connectivity index (χ3n) is 2.44. The lowest BCUT2D eigenvalue weighted by atomic mass is 10.2. The highest BCUT2D eigenvalue weighted by Gasteiger charge is 2.23. The van der Waals surface area contributed by atoms with Gasteiger partial charge in [-0.15, -0.1) is 0 Å². The van der Waals surface area contributed by atoms with Crippen LogP contribution in [0.5, 0.6) is 0 Å². The van der Waals surface area contributed by atoms with E-state index in [1.54, 1.807) is 0 Å². The number of nitrogens with two attached hydrogens (primary N) is 1. The van der Waals surface area contributed by atoms with Gasteiger partial charge in [-0.3, -0.25) is 0 Å². The molecular weight excluding hydrogens is 262 g/mol. The monoisotopic (exact) mass is 281 g/mol. The Balaban J connectivity index is 2.22. The van der Waals surface area contributed by atoms with E-state index >= 15 is 0 Å². The standard InChI is InChI=1S/C9H19N3O3S2/c10-9(16)3-1-2-4-11-17(13,14)12-5-7-15-8-6-12/h11H,1-8H2,(H2,10,16). The van der Waals surface area contributed by atoms with E-state index in [2.05, 4.69) is 4.72 Å². The molecule has 1 aliphatic rings. The first kappa shape index (κ1) is 14.8. The molecule has 0 atom stereocenters. The second-order valence-corrected chi connectivity index (χ2v) is 6.11. The number of nitrogens with zero attached hydrogens (tertiary/aromatic N) is 1. The summed E-state index contributed by atoms with van der Waals surface area (Å²) < 4.78 is 32.7. The summed E-state index contributed by atoms with van der Waals surface area (Å²) in [4.78, 5) is 0.473. The summed E-state index contributed by atoms with van der Waals surface area (Å²) in [6.45, 7) is 2.18. The van der Waals surface area contributed by atoms with Crippen LogP contribution in [0.3, 0.4) is 0 Å². The number of morpholine rings is 1. The maximum Gasteiger partial charge on any atom is 0.279 e. The van der Waals surface area contributed by atoms with Gasteiger partial charge in [0, 0.05) is 19.6 Å². The third kappa shape index (κ3) is 5.73. The Hall–Kier alpha value is -0.280. The minimum absolute atomic E-state index is 0.419. The van der Waals surface area contributed by atoms with E-state index in [9.17, 15) is 8.42 Å². The summed E-state index contributed by atoms with van der Waals surface area (Å²) in [5, 5.41) is 0. The molecule has 100 valence electrons. The zero-order valence-corrected chi connectivity index (χ0v) is 11.4. The number of hydrogen-bond acceptors (Lipinski definition) is 4. The van der Waals surface area contributed by atoms with Crippen molar-refractivity contribution >= 4 is 27.4 Å².